The van der Waals surface area contributed by atoms with E-state index < -0.39 is 0 Å². The van der Waals surface area contributed by atoms with Gasteiger partial charge in [-0.1, -0.05) is 6.07 Å². The van der Waals surface area contributed by atoms with Gasteiger partial charge in [-0.3, -0.25) is 4.79 Å². The number of aryl methyl sites for hydroxylation is 1. The van der Waals surface area contributed by atoms with Gasteiger partial charge in [-0.25, -0.2) is 0 Å². The predicted molar refractivity (Wildman–Crippen MR) is 92.0 cm³/mol. The average Bonchev–Trinajstić information content (AvgIpc) is 2.61. The highest BCUT2D eigenvalue weighted by Gasteiger charge is 2.21. The van der Waals surface area contributed by atoms with Gasteiger partial charge in [0.05, 0.1) is 34.0 Å². The number of ether oxygens (including phenoxy) is 4. The molecule has 0 saturated carbocycles. The third-order valence-corrected chi connectivity index (χ3v) is 4.05. The van der Waals surface area contributed by atoms with Gasteiger partial charge in [0.15, 0.2) is 17.3 Å². The second-order valence-electron chi connectivity index (χ2n) is 5.33. The van der Waals surface area contributed by atoms with E-state index in [2.05, 4.69) is 0 Å². The summed E-state index contributed by atoms with van der Waals surface area (Å²) in [6, 6.07) is 6.95. The van der Waals surface area contributed by atoms with E-state index in [-0.39, 0.29) is 5.78 Å². The molecule has 0 unspecified atom stereocenters. The minimum Gasteiger partial charge on any atom is -0.496 e. The summed E-state index contributed by atoms with van der Waals surface area (Å²) >= 11 is 0. The van der Waals surface area contributed by atoms with E-state index >= 15 is 0 Å². The molecule has 0 heterocycles. The molecule has 0 bridgehead atoms. The lowest BCUT2D eigenvalue weighted by atomic mass is 9.97. The molecule has 128 valence electrons. The number of hydrogen-bond donors (Lipinski definition) is 0. The summed E-state index contributed by atoms with van der Waals surface area (Å²) in [4.78, 5) is 13.0. The molecule has 2 aromatic rings. The third kappa shape index (κ3) is 3.02. The number of carbonyl (C=O) groups is 1. The number of rotatable bonds is 6. The number of carbonyl (C=O) groups excluding carboxylic acids is 1. The lowest BCUT2D eigenvalue weighted by Gasteiger charge is -2.16. The van der Waals surface area contributed by atoms with Crippen LogP contribution in [0.5, 0.6) is 23.0 Å². The number of benzene rings is 2. The van der Waals surface area contributed by atoms with Crippen molar-refractivity contribution in [1.29, 1.82) is 0 Å². The molecule has 5 nitrogen and oxygen atoms in total. The maximum atomic E-state index is 13.0. The summed E-state index contributed by atoms with van der Waals surface area (Å²) in [5.74, 6) is 1.72. The summed E-state index contributed by atoms with van der Waals surface area (Å²) in [6.45, 7) is 3.91. The first kappa shape index (κ1) is 17.7. The van der Waals surface area contributed by atoms with Crippen molar-refractivity contribution in [3.8, 4) is 23.0 Å². The summed E-state index contributed by atoms with van der Waals surface area (Å²) in [7, 11) is 6.12. The molecule has 0 atom stereocenters. The first-order valence-corrected chi connectivity index (χ1v) is 7.47. The molecule has 0 aromatic heterocycles. The van der Waals surface area contributed by atoms with Crippen molar-refractivity contribution in [2.75, 3.05) is 28.4 Å². The number of ketones is 1. The van der Waals surface area contributed by atoms with Crippen LogP contribution in [-0.4, -0.2) is 34.2 Å². The Bertz CT molecular complexity index is 740. The summed E-state index contributed by atoms with van der Waals surface area (Å²) in [5.41, 5.74) is 2.94. The Morgan fingerprint density at radius 3 is 1.79 bits per heavy atom. The van der Waals surface area contributed by atoms with E-state index in [9.17, 15) is 4.79 Å². The molecule has 2 aromatic carbocycles. The zero-order valence-corrected chi connectivity index (χ0v) is 14.9. The monoisotopic (exact) mass is 330 g/mol. The first-order chi connectivity index (χ1) is 11.5. The van der Waals surface area contributed by atoms with Crippen molar-refractivity contribution in [1.82, 2.24) is 0 Å². The van der Waals surface area contributed by atoms with Gasteiger partial charge in [0, 0.05) is 5.56 Å². The van der Waals surface area contributed by atoms with Gasteiger partial charge in [-0.2, -0.15) is 0 Å². The lowest BCUT2D eigenvalue weighted by molar-refractivity contribution is 0.103. The maximum Gasteiger partial charge on any atom is 0.203 e. The van der Waals surface area contributed by atoms with E-state index in [4.69, 9.17) is 18.9 Å². The van der Waals surface area contributed by atoms with Crippen molar-refractivity contribution in [3.05, 3.63) is 46.5 Å². The lowest BCUT2D eigenvalue weighted by Crippen LogP contribution is -2.07. The van der Waals surface area contributed by atoms with E-state index in [1.807, 2.05) is 19.9 Å². The Hall–Kier alpha value is -2.69. The van der Waals surface area contributed by atoms with Crippen LogP contribution in [0.3, 0.4) is 0 Å². The molecule has 0 fully saturated rings. The Morgan fingerprint density at radius 2 is 1.33 bits per heavy atom. The SMILES string of the molecule is COc1cc(C(=O)c2ccc(C)c(C)c2OC)cc(OC)c1OC. The molecular weight excluding hydrogens is 308 g/mol. The molecule has 0 spiro atoms. The maximum absolute atomic E-state index is 13.0. The van der Waals surface area contributed by atoms with Crippen LogP contribution in [0.4, 0.5) is 0 Å². The Kier molecular flexibility index (Phi) is 5.34. The van der Waals surface area contributed by atoms with Gasteiger partial charge in [0.2, 0.25) is 5.75 Å². The highest BCUT2D eigenvalue weighted by atomic mass is 16.5. The highest BCUT2D eigenvalue weighted by molar-refractivity contribution is 6.11. The fraction of sp³-hybridized carbons (Fsp3) is 0.316. The van der Waals surface area contributed by atoms with E-state index in [0.717, 1.165) is 11.1 Å². The Labute approximate surface area is 142 Å². The van der Waals surface area contributed by atoms with Crippen LogP contribution in [-0.2, 0) is 0 Å². The second kappa shape index (κ2) is 7.25. The zero-order valence-electron chi connectivity index (χ0n) is 14.9. The van der Waals surface area contributed by atoms with E-state index in [1.165, 1.54) is 21.3 Å². The van der Waals surface area contributed by atoms with Crippen LogP contribution in [0, 0.1) is 13.8 Å². The van der Waals surface area contributed by atoms with Crippen LogP contribution in [0.1, 0.15) is 27.0 Å². The molecule has 0 radical (unpaired) electrons. The normalized spacial score (nSPS) is 10.2. The highest BCUT2D eigenvalue weighted by Crippen LogP contribution is 2.39. The third-order valence-electron chi connectivity index (χ3n) is 4.05. The van der Waals surface area contributed by atoms with Crippen LogP contribution in [0.2, 0.25) is 0 Å². The topological polar surface area (TPSA) is 54.0 Å². The minimum atomic E-state index is -0.172. The van der Waals surface area contributed by atoms with Crippen molar-refractivity contribution in [3.63, 3.8) is 0 Å². The molecule has 0 aliphatic carbocycles. The van der Waals surface area contributed by atoms with E-state index in [1.54, 1.807) is 25.3 Å². The minimum absolute atomic E-state index is 0.172. The standard InChI is InChI=1S/C19H22O5/c1-11-7-8-14(18(23-5)12(11)2)17(20)13-9-15(21-3)19(24-6)16(10-13)22-4/h7-10H,1-6H3. The molecule has 2 rings (SSSR count). The predicted octanol–water partition coefficient (Wildman–Crippen LogP) is 3.57. The van der Waals surface area contributed by atoms with Crippen LogP contribution in [0.25, 0.3) is 0 Å². The largest absolute Gasteiger partial charge is 0.496 e. The van der Waals surface area contributed by atoms with Crippen molar-refractivity contribution < 1.29 is 23.7 Å². The average molecular weight is 330 g/mol. The smallest absolute Gasteiger partial charge is 0.203 e. The Morgan fingerprint density at radius 1 is 0.792 bits per heavy atom. The zero-order chi connectivity index (χ0) is 17.9. The van der Waals surface area contributed by atoms with Crippen molar-refractivity contribution >= 4 is 5.78 Å². The van der Waals surface area contributed by atoms with Gasteiger partial charge in [0.25, 0.3) is 0 Å². The molecule has 24 heavy (non-hydrogen) atoms. The van der Waals surface area contributed by atoms with Gasteiger partial charge >= 0.3 is 0 Å². The first-order valence-electron chi connectivity index (χ1n) is 7.47. The molecule has 0 saturated heterocycles. The summed E-state index contributed by atoms with van der Waals surface area (Å²) in [6.07, 6.45) is 0. The van der Waals surface area contributed by atoms with E-state index in [0.29, 0.717) is 34.1 Å². The van der Waals surface area contributed by atoms with Gasteiger partial charge in [0.1, 0.15) is 5.75 Å². The molecular formula is C19H22O5. The molecule has 0 N–H and O–H groups in total. The van der Waals surface area contributed by atoms with Gasteiger partial charge < -0.3 is 18.9 Å². The molecule has 0 aliphatic heterocycles. The van der Waals surface area contributed by atoms with Crippen LogP contribution in [0.15, 0.2) is 24.3 Å². The number of methoxy groups -OCH3 is 4. The summed E-state index contributed by atoms with van der Waals surface area (Å²) in [5, 5.41) is 0. The van der Waals surface area contributed by atoms with Gasteiger partial charge in [-0.05, 0) is 43.2 Å². The second-order valence-corrected chi connectivity index (χ2v) is 5.33. The number of hydrogen-bond acceptors (Lipinski definition) is 5. The van der Waals surface area contributed by atoms with Crippen LogP contribution < -0.4 is 18.9 Å². The quantitative estimate of drug-likeness (QED) is 0.758. The molecule has 5 heteroatoms. The van der Waals surface area contributed by atoms with Gasteiger partial charge in [-0.15, -0.1) is 0 Å². The molecule has 0 amide bonds. The molecule has 0 aliphatic rings. The van der Waals surface area contributed by atoms with Crippen molar-refractivity contribution in [2.24, 2.45) is 0 Å². The van der Waals surface area contributed by atoms with Crippen molar-refractivity contribution in [2.45, 2.75) is 13.8 Å². The summed E-state index contributed by atoms with van der Waals surface area (Å²) < 4.78 is 21.4. The fourth-order valence-electron chi connectivity index (χ4n) is 2.60. The Balaban J connectivity index is 2.61. The fourth-order valence-corrected chi connectivity index (χ4v) is 2.60. The van der Waals surface area contributed by atoms with Crippen LogP contribution >= 0.6 is 0 Å².